The number of aromatic nitrogens is 3. The van der Waals surface area contributed by atoms with Crippen LogP contribution in [-0.4, -0.2) is 38.3 Å². The van der Waals surface area contributed by atoms with Crippen molar-refractivity contribution in [2.45, 2.75) is 32.1 Å². The maximum atomic E-state index is 15.5. The number of carboxylic acids is 1. The minimum atomic E-state index is -1.10. The van der Waals surface area contributed by atoms with Crippen LogP contribution in [0, 0.1) is 34.6 Å². The van der Waals surface area contributed by atoms with E-state index in [2.05, 4.69) is 9.97 Å². The number of hydrogen-bond acceptors (Lipinski definition) is 6. The summed E-state index contributed by atoms with van der Waals surface area (Å²) >= 11 is 0. The summed E-state index contributed by atoms with van der Waals surface area (Å²) in [7, 11) is 0. The maximum Gasteiger partial charge on any atom is 0.335 e. The largest absolute Gasteiger partial charge is 0.478 e. The number of rotatable bonds is 9. The molecular weight excluding hydrogens is 580 g/mol. The minimum Gasteiger partial charge on any atom is -0.478 e. The molecule has 1 aliphatic rings. The summed E-state index contributed by atoms with van der Waals surface area (Å²) < 4.78 is 71.8. The van der Waals surface area contributed by atoms with Crippen molar-refractivity contribution >= 4 is 17.0 Å². The molecule has 5 aromatic rings. The molecule has 8 nitrogen and oxygen atoms in total. The van der Waals surface area contributed by atoms with Gasteiger partial charge in [0.1, 0.15) is 41.8 Å². The molecule has 222 valence electrons. The standard InChI is InChI=1S/C32H22F4N4O4/c33-23-11-20(24(34)10-19(23)14-37)16-44-31-3-1-2-27(39-31)18-8-25(35)22(26(36)9-18)13-30-38-28-5-4-17(32(41)42)12-29(28)40(30)15-21-6-7-43-21/h1-5,8-12,21H,6-7,13,15-16H2,(H,41,42)/t21-/m0/s1. The highest BCUT2D eigenvalue weighted by atomic mass is 19.1. The number of fused-ring (bicyclic) bond motifs is 1. The summed E-state index contributed by atoms with van der Waals surface area (Å²) in [6.07, 6.45) is 0.472. The number of aromatic carboxylic acids is 1. The summed E-state index contributed by atoms with van der Waals surface area (Å²) in [5.74, 6) is -4.15. The molecule has 0 unspecified atom stereocenters. The lowest BCUT2D eigenvalue weighted by atomic mass is 10.0. The van der Waals surface area contributed by atoms with Crippen LogP contribution < -0.4 is 4.74 Å². The van der Waals surface area contributed by atoms with Crippen molar-refractivity contribution in [3.63, 3.8) is 0 Å². The van der Waals surface area contributed by atoms with Crippen molar-refractivity contribution in [2.24, 2.45) is 0 Å². The van der Waals surface area contributed by atoms with Gasteiger partial charge in [0.2, 0.25) is 5.88 Å². The second kappa shape index (κ2) is 11.8. The third-order valence-corrected chi connectivity index (χ3v) is 7.38. The Morgan fingerprint density at radius 1 is 1.02 bits per heavy atom. The summed E-state index contributed by atoms with van der Waals surface area (Å²) in [6, 6.07) is 14.4. The van der Waals surface area contributed by atoms with Crippen molar-refractivity contribution in [1.82, 2.24) is 14.5 Å². The Kier molecular flexibility index (Phi) is 7.71. The van der Waals surface area contributed by atoms with E-state index in [1.807, 2.05) is 0 Å². The van der Waals surface area contributed by atoms with Crippen LogP contribution in [0.4, 0.5) is 17.6 Å². The fraction of sp³-hybridized carbons (Fsp3) is 0.188. The van der Waals surface area contributed by atoms with Crippen LogP contribution in [0.5, 0.6) is 5.88 Å². The molecule has 0 aliphatic carbocycles. The number of imidazole rings is 1. The summed E-state index contributed by atoms with van der Waals surface area (Å²) in [6.45, 7) is 0.558. The molecule has 1 N–H and O–H groups in total. The van der Waals surface area contributed by atoms with Gasteiger partial charge in [0.15, 0.2) is 0 Å². The predicted molar refractivity (Wildman–Crippen MR) is 149 cm³/mol. The first-order chi connectivity index (χ1) is 21.2. The number of hydrogen-bond donors (Lipinski definition) is 1. The van der Waals surface area contributed by atoms with Crippen LogP contribution in [0.3, 0.4) is 0 Å². The molecule has 3 aromatic carbocycles. The van der Waals surface area contributed by atoms with E-state index < -0.39 is 41.4 Å². The van der Waals surface area contributed by atoms with Gasteiger partial charge in [-0.3, -0.25) is 0 Å². The molecule has 0 amide bonds. The van der Waals surface area contributed by atoms with E-state index in [9.17, 15) is 18.7 Å². The van der Waals surface area contributed by atoms with Crippen LogP contribution in [0.15, 0.2) is 60.7 Å². The van der Waals surface area contributed by atoms with Crippen LogP contribution >= 0.6 is 0 Å². The monoisotopic (exact) mass is 602 g/mol. The fourth-order valence-corrected chi connectivity index (χ4v) is 4.95. The second-order valence-corrected chi connectivity index (χ2v) is 10.2. The first-order valence-corrected chi connectivity index (χ1v) is 13.5. The SMILES string of the molecule is N#Cc1cc(F)c(COc2cccc(-c3cc(F)c(Cc4nc5ccc(C(=O)O)cc5n4C[C@@H]4CCO4)c(F)c3)n2)cc1F. The number of ether oxygens (including phenoxy) is 2. The third kappa shape index (κ3) is 5.69. The van der Waals surface area contributed by atoms with E-state index in [0.717, 1.165) is 30.7 Å². The van der Waals surface area contributed by atoms with Gasteiger partial charge in [-0.05, 0) is 55.0 Å². The Labute approximate surface area is 247 Å². The van der Waals surface area contributed by atoms with E-state index in [4.69, 9.17) is 14.7 Å². The van der Waals surface area contributed by atoms with E-state index in [-0.39, 0.29) is 46.4 Å². The Morgan fingerprint density at radius 2 is 1.80 bits per heavy atom. The number of carboxylic acid groups (broad SMARTS) is 1. The van der Waals surface area contributed by atoms with Gasteiger partial charge in [0.05, 0.1) is 40.5 Å². The van der Waals surface area contributed by atoms with Crippen molar-refractivity contribution in [3.05, 3.63) is 112 Å². The fourth-order valence-electron chi connectivity index (χ4n) is 4.95. The van der Waals surface area contributed by atoms with Gasteiger partial charge < -0.3 is 19.1 Å². The molecule has 0 spiro atoms. The van der Waals surface area contributed by atoms with Crippen LogP contribution in [0.2, 0.25) is 0 Å². The molecule has 2 aromatic heterocycles. The molecule has 44 heavy (non-hydrogen) atoms. The zero-order chi connectivity index (χ0) is 31.0. The highest BCUT2D eigenvalue weighted by Gasteiger charge is 2.24. The van der Waals surface area contributed by atoms with Crippen molar-refractivity contribution in [1.29, 1.82) is 5.26 Å². The molecule has 0 saturated carbocycles. The van der Waals surface area contributed by atoms with E-state index in [0.29, 0.717) is 30.0 Å². The number of halogens is 4. The highest BCUT2D eigenvalue weighted by molar-refractivity contribution is 5.92. The number of benzene rings is 3. The smallest absolute Gasteiger partial charge is 0.335 e. The molecule has 1 aliphatic heterocycles. The van der Waals surface area contributed by atoms with Crippen LogP contribution in [-0.2, 0) is 24.3 Å². The summed E-state index contributed by atoms with van der Waals surface area (Å²) in [5.41, 5.74) is 0.573. The average molecular weight is 603 g/mol. The Bertz CT molecular complexity index is 1940. The first kappa shape index (κ1) is 28.8. The van der Waals surface area contributed by atoms with Gasteiger partial charge in [-0.25, -0.2) is 32.3 Å². The second-order valence-electron chi connectivity index (χ2n) is 10.2. The normalized spacial score (nSPS) is 14.3. The Balaban J connectivity index is 1.26. The Morgan fingerprint density at radius 3 is 2.48 bits per heavy atom. The molecule has 3 heterocycles. The van der Waals surface area contributed by atoms with Gasteiger partial charge in [0.25, 0.3) is 0 Å². The predicted octanol–water partition coefficient (Wildman–Crippen LogP) is 6.18. The molecule has 12 heteroatoms. The average Bonchev–Trinajstić information content (AvgIpc) is 3.33. The maximum absolute atomic E-state index is 15.5. The first-order valence-electron chi connectivity index (χ1n) is 13.5. The van der Waals surface area contributed by atoms with E-state index in [1.165, 1.54) is 30.3 Å². The molecule has 6 rings (SSSR count). The summed E-state index contributed by atoms with van der Waals surface area (Å²) in [5, 5.41) is 18.3. The zero-order valence-electron chi connectivity index (χ0n) is 22.9. The van der Waals surface area contributed by atoms with Gasteiger partial charge in [-0.1, -0.05) is 6.07 Å². The van der Waals surface area contributed by atoms with Crippen LogP contribution in [0.25, 0.3) is 22.3 Å². The van der Waals surface area contributed by atoms with Crippen LogP contribution in [0.1, 0.15) is 39.3 Å². The lowest BCUT2D eigenvalue weighted by Gasteiger charge is -2.27. The van der Waals surface area contributed by atoms with Gasteiger partial charge in [0, 0.05) is 35.8 Å². The highest BCUT2D eigenvalue weighted by Crippen LogP contribution is 2.29. The quantitative estimate of drug-likeness (QED) is 0.201. The minimum absolute atomic E-state index is 0.00391. The van der Waals surface area contributed by atoms with Gasteiger partial charge in [-0.15, -0.1) is 0 Å². The number of nitriles is 1. The Hall–Kier alpha value is -5.28. The summed E-state index contributed by atoms with van der Waals surface area (Å²) in [4.78, 5) is 20.3. The van der Waals surface area contributed by atoms with Crippen molar-refractivity contribution < 1.29 is 36.9 Å². The van der Waals surface area contributed by atoms with E-state index in [1.54, 1.807) is 16.7 Å². The van der Waals surface area contributed by atoms with Gasteiger partial charge >= 0.3 is 5.97 Å². The molecule has 1 fully saturated rings. The van der Waals surface area contributed by atoms with Crippen molar-refractivity contribution in [2.75, 3.05) is 6.61 Å². The molecular formula is C32H22F4N4O4. The van der Waals surface area contributed by atoms with Crippen molar-refractivity contribution in [3.8, 4) is 23.2 Å². The van der Waals surface area contributed by atoms with Gasteiger partial charge in [-0.2, -0.15) is 5.26 Å². The molecule has 1 atom stereocenters. The topological polar surface area (TPSA) is 110 Å². The molecule has 0 bridgehead atoms. The molecule has 0 radical (unpaired) electrons. The lowest BCUT2D eigenvalue weighted by Crippen LogP contribution is -2.31. The molecule has 1 saturated heterocycles. The third-order valence-electron chi connectivity index (χ3n) is 7.38. The van der Waals surface area contributed by atoms with E-state index >= 15 is 8.78 Å². The zero-order valence-corrected chi connectivity index (χ0v) is 22.9. The lowest BCUT2D eigenvalue weighted by molar-refractivity contribution is -0.0589. The number of nitrogens with zero attached hydrogens (tertiary/aromatic N) is 4. The number of carbonyl (C=O) groups is 1. The number of pyridine rings is 1.